The average molecular weight is 300 g/mol. The highest BCUT2D eigenvalue weighted by molar-refractivity contribution is 7.97. The fourth-order valence-corrected chi connectivity index (χ4v) is 4.21. The van der Waals surface area contributed by atoms with Gasteiger partial charge in [0.2, 0.25) is 9.84 Å². The summed E-state index contributed by atoms with van der Waals surface area (Å²) in [6.07, 6.45) is 0. The van der Waals surface area contributed by atoms with Gasteiger partial charge in [0.15, 0.2) is 4.91 Å². The van der Waals surface area contributed by atoms with Gasteiger partial charge in [-0.25, -0.2) is 13.2 Å². The van der Waals surface area contributed by atoms with Gasteiger partial charge < -0.3 is 4.74 Å². The van der Waals surface area contributed by atoms with Crippen LogP contribution >= 0.6 is 0 Å². The van der Waals surface area contributed by atoms with Crippen LogP contribution in [0.3, 0.4) is 0 Å². The predicted molar refractivity (Wildman–Crippen MR) is 78.1 cm³/mol. The highest BCUT2D eigenvalue weighted by Gasteiger charge is 2.40. The maximum absolute atomic E-state index is 12.6. The minimum Gasteiger partial charge on any atom is -0.465 e. The molecule has 2 aromatic carbocycles. The third-order valence-electron chi connectivity index (χ3n) is 3.37. The van der Waals surface area contributed by atoms with Gasteiger partial charge in [0.05, 0.1) is 12.0 Å². The van der Waals surface area contributed by atoms with E-state index < -0.39 is 15.8 Å². The molecule has 0 amide bonds. The standard InChI is InChI=1S/C16H12O4S/c1-20-16(17)15-14(11-7-3-2-4-8-11)12-9-5-6-10-13(12)21(15,18)19/h2-10H,1H3. The molecule has 1 aliphatic rings. The predicted octanol–water partition coefficient (Wildman–Crippen LogP) is 2.41. The van der Waals surface area contributed by atoms with Crippen LogP contribution in [0.25, 0.3) is 5.57 Å². The summed E-state index contributed by atoms with van der Waals surface area (Å²) in [5, 5.41) is 0. The van der Waals surface area contributed by atoms with E-state index in [1.54, 1.807) is 42.5 Å². The number of esters is 1. The first-order valence-electron chi connectivity index (χ1n) is 6.30. The smallest absolute Gasteiger partial charge is 0.350 e. The second-order valence-electron chi connectivity index (χ2n) is 4.56. The van der Waals surface area contributed by atoms with Gasteiger partial charge in [0.1, 0.15) is 0 Å². The van der Waals surface area contributed by atoms with Crippen LogP contribution in [0.5, 0.6) is 0 Å². The molecule has 0 saturated heterocycles. The van der Waals surface area contributed by atoms with Crippen LogP contribution in [0.2, 0.25) is 0 Å². The van der Waals surface area contributed by atoms with Gasteiger partial charge in [-0.15, -0.1) is 0 Å². The van der Waals surface area contributed by atoms with Crippen molar-refractivity contribution in [1.29, 1.82) is 0 Å². The van der Waals surface area contributed by atoms with E-state index >= 15 is 0 Å². The lowest BCUT2D eigenvalue weighted by atomic mass is 9.98. The third kappa shape index (κ3) is 1.97. The van der Waals surface area contributed by atoms with Crippen molar-refractivity contribution in [3.63, 3.8) is 0 Å². The summed E-state index contributed by atoms with van der Waals surface area (Å²) in [4.78, 5) is 11.9. The number of benzene rings is 2. The Morgan fingerprint density at radius 3 is 2.24 bits per heavy atom. The van der Waals surface area contributed by atoms with Crippen LogP contribution in [0.15, 0.2) is 64.4 Å². The topological polar surface area (TPSA) is 60.4 Å². The summed E-state index contributed by atoms with van der Waals surface area (Å²) in [7, 11) is -2.67. The van der Waals surface area contributed by atoms with Crippen molar-refractivity contribution in [2.45, 2.75) is 4.90 Å². The van der Waals surface area contributed by atoms with Crippen LogP contribution < -0.4 is 0 Å². The molecule has 0 radical (unpaired) electrons. The Morgan fingerprint density at radius 1 is 0.952 bits per heavy atom. The van der Waals surface area contributed by atoms with Gasteiger partial charge in [-0.2, -0.15) is 0 Å². The summed E-state index contributed by atoms with van der Waals surface area (Å²) in [5.74, 6) is -0.843. The molecule has 5 heteroatoms. The van der Waals surface area contributed by atoms with Crippen LogP contribution in [-0.4, -0.2) is 21.5 Å². The number of methoxy groups -OCH3 is 1. The van der Waals surface area contributed by atoms with E-state index in [9.17, 15) is 13.2 Å². The normalized spacial score (nSPS) is 15.7. The molecule has 0 fully saturated rings. The molecule has 4 nitrogen and oxygen atoms in total. The molecule has 3 rings (SSSR count). The molecule has 1 heterocycles. The third-order valence-corrected chi connectivity index (χ3v) is 5.22. The lowest BCUT2D eigenvalue weighted by molar-refractivity contribution is -0.135. The molecule has 0 bridgehead atoms. The lowest BCUT2D eigenvalue weighted by Gasteiger charge is -2.06. The van der Waals surface area contributed by atoms with E-state index in [1.165, 1.54) is 13.2 Å². The van der Waals surface area contributed by atoms with E-state index in [1.807, 2.05) is 6.07 Å². The summed E-state index contributed by atoms with van der Waals surface area (Å²) >= 11 is 0. The molecular formula is C16H12O4S. The molecule has 0 spiro atoms. The largest absolute Gasteiger partial charge is 0.465 e. The molecular weight excluding hydrogens is 288 g/mol. The van der Waals surface area contributed by atoms with Crippen molar-refractivity contribution in [1.82, 2.24) is 0 Å². The van der Waals surface area contributed by atoms with Crippen molar-refractivity contribution in [2.75, 3.05) is 7.11 Å². The van der Waals surface area contributed by atoms with Crippen molar-refractivity contribution in [3.05, 3.63) is 70.6 Å². The number of carbonyl (C=O) groups excluding carboxylic acids is 1. The molecule has 1 aliphatic heterocycles. The minimum absolute atomic E-state index is 0.143. The highest BCUT2D eigenvalue weighted by Crippen LogP contribution is 2.42. The van der Waals surface area contributed by atoms with E-state index in [-0.39, 0.29) is 9.80 Å². The summed E-state index contributed by atoms with van der Waals surface area (Å²) in [6.45, 7) is 0. The number of rotatable bonds is 2. The van der Waals surface area contributed by atoms with E-state index in [0.29, 0.717) is 16.7 Å². The number of hydrogen-bond donors (Lipinski definition) is 0. The van der Waals surface area contributed by atoms with Gasteiger partial charge in [0.25, 0.3) is 0 Å². The first-order chi connectivity index (χ1) is 10.1. The van der Waals surface area contributed by atoms with Gasteiger partial charge >= 0.3 is 5.97 Å². The van der Waals surface area contributed by atoms with Gasteiger partial charge in [-0.3, -0.25) is 0 Å². The molecule has 0 aliphatic carbocycles. The first kappa shape index (κ1) is 13.6. The van der Waals surface area contributed by atoms with Crippen molar-refractivity contribution >= 4 is 21.4 Å². The van der Waals surface area contributed by atoms with Crippen LogP contribution in [0, 0.1) is 0 Å². The number of hydrogen-bond acceptors (Lipinski definition) is 4. The number of carbonyl (C=O) groups is 1. The van der Waals surface area contributed by atoms with E-state index in [4.69, 9.17) is 0 Å². The Bertz CT molecular complexity index is 849. The van der Waals surface area contributed by atoms with Crippen molar-refractivity contribution in [2.24, 2.45) is 0 Å². The molecule has 106 valence electrons. The van der Waals surface area contributed by atoms with Crippen molar-refractivity contribution < 1.29 is 17.9 Å². The zero-order chi connectivity index (χ0) is 15.0. The van der Waals surface area contributed by atoms with Crippen LogP contribution in [-0.2, 0) is 19.4 Å². The zero-order valence-electron chi connectivity index (χ0n) is 11.2. The molecule has 0 N–H and O–H groups in total. The molecule has 2 aromatic rings. The SMILES string of the molecule is COC(=O)C1=C(c2ccccc2)c2ccccc2S1(=O)=O. The Morgan fingerprint density at radius 2 is 1.57 bits per heavy atom. The lowest BCUT2D eigenvalue weighted by Crippen LogP contribution is -2.13. The molecule has 0 atom stereocenters. The summed E-state index contributed by atoms with van der Waals surface area (Å²) in [5.41, 5.74) is 1.61. The monoisotopic (exact) mass is 300 g/mol. The highest BCUT2D eigenvalue weighted by atomic mass is 32.2. The van der Waals surface area contributed by atoms with Crippen LogP contribution in [0.4, 0.5) is 0 Å². The van der Waals surface area contributed by atoms with Crippen molar-refractivity contribution in [3.8, 4) is 0 Å². The second kappa shape index (κ2) is 4.86. The molecule has 0 saturated carbocycles. The number of fused-ring (bicyclic) bond motifs is 1. The number of sulfone groups is 1. The van der Waals surface area contributed by atoms with Gasteiger partial charge in [-0.1, -0.05) is 48.5 Å². The second-order valence-corrected chi connectivity index (χ2v) is 6.42. The molecule has 0 aromatic heterocycles. The summed E-state index contributed by atoms with van der Waals surface area (Å²) < 4.78 is 29.9. The Labute approximate surface area is 122 Å². The zero-order valence-corrected chi connectivity index (χ0v) is 12.1. The first-order valence-corrected chi connectivity index (χ1v) is 7.78. The van der Waals surface area contributed by atoms with Gasteiger partial charge in [0, 0.05) is 11.1 Å². The van der Waals surface area contributed by atoms with E-state index in [0.717, 1.165) is 0 Å². The maximum Gasteiger partial charge on any atom is 0.350 e. The fraction of sp³-hybridized carbons (Fsp3) is 0.0625. The Hall–Kier alpha value is -2.40. The molecule has 21 heavy (non-hydrogen) atoms. The minimum atomic E-state index is -3.85. The van der Waals surface area contributed by atoms with Crippen LogP contribution in [0.1, 0.15) is 11.1 Å². The average Bonchev–Trinajstić information content (AvgIpc) is 2.76. The van der Waals surface area contributed by atoms with E-state index in [2.05, 4.69) is 4.74 Å². The Balaban J connectivity index is 2.41. The molecule has 0 unspecified atom stereocenters. The maximum atomic E-state index is 12.6. The summed E-state index contributed by atoms with van der Waals surface area (Å²) in [6, 6.07) is 15.6. The number of ether oxygens (including phenoxy) is 1. The Kier molecular flexibility index (Phi) is 3.14. The fourth-order valence-electron chi connectivity index (χ4n) is 2.47. The van der Waals surface area contributed by atoms with Gasteiger partial charge in [-0.05, 0) is 11.6 Å². The quantitative estimate of drug-likeness (QED) is 0.799.